The number of para-hydroxylation sites is 1. The van der Waals surface area contributed by atoms with Crippen LogP contribution in [0.15, 0.2) is 35.5 Å². The highest BCUT2D eigenvalue weighted by molar-refractivity contribution is 7.16. The second-order valence-electron chi connectivity index (χ2n) is 9.45. The third-order valence-electron chi connectivity index (χ3n) is 7.00. The Balaban J connectivity index is 1.31. The van der Waals surface area contributed by atoms with Gasteiger partial charge in [-0.3, -0.25) is 9.89 Å². The van der Waals surface area contributed by atoms with E-state index in [9.17, 15) is 13.2 Å². The minimum absolute atomic E-state index is 0.00534. The number of aromatic nitrogens is 2. The van der Waals surface area contributed by atoms with Gasteiger partial charge in [0.05, 0.1) is 23.2 Å². The monoisotopic (exact) mass is 552 g/mol. The number of halogens is 4. The van der Waals surface area contributed by atoms with Crippen LogP contribution < -0.4 is 0 Å². The zero-order chi connectivity index (χ0) is 26.2. The number of hydrogen-bond acceptors (Lipinski definition) is 6. The number of aryl methyl sites for hydroxylation is 1. The minimum atomic E-state index is -3.02. The van der Waals surface area contributed by atoms with Crippen LogP contribution in [-0.4, -0.2) is 60.9 Å². The second kappa shape index (κ2) is 10.5. The number of nitrogens with zero attached hydrogens (tertiary/aromatic N) is 4. The van der Waals surface area contributed by atoms with E-state index in [2.05, 4.69) is 15.0 Å². The number of thiophene rings is 1. The average molecular weight is 553 g/mol. The predicted molar refractivity (Wildman–Crippen MR) is 138 cm³/mol. The van der Waals surface area contributed by atoms with Crippen LogP contribution in [0.3, 0.4) is 0 Å². The van der Waals surface area contributed by atoms with Crippen LogP contribution in [0.25, 0.3) is 5.69 Å². The summed E-state index contributed by atoms with van der Waals surface area (Å²) in [6, 6.07) is 6.23. The summed E-state index contributed by atoms with van der Waals surface area (Å²) in [6.45, 7) is 4.19. The summed E-state index contributed by atoms with van der Waals surface area (Å²) in [5.74, 6) is -3.41. The molecule has 1 aromatic carbocycles. The lowest BCUT2D eigenvalue weighted by atomic mass is 9.84. The molecule has 0 aliphatic carbocycles. The molecule has 0 unspecified atom stereocenters. The van der Waals surface area contributed by atoms with Crippen molar-refractivity contribution in [3.8, 4) is 5.69 Å². The lowest BCUT2D eigenvalue weighted by molar-refractivity contribution is -0.182. The highest BCUT2D eigenvalue weighted by Gasteiger charge is 2.51. The van der Waals surface area contributed by atoms with Gasteiger partial charge in [-0.15, -0.1) is 11.3 Å². The van der Waals surface area contributed by atoms with Gasteiger partial charge < -0.3 is 9.47 Å². The Hall–Kier alpha value is -2.24. The van der Waals surface area contributed by atoms with Crippen LogP contribution in [-0.2, 0) is 27.5 Å². The van der Waals surface area contributed by atoms with Crippen LogP contribution in [0.2, 0.25) is 4.34 Å². The quantitative estimate of drug-likeness (QED) is 0.278. The third-order valence-corrected chi connectivity index (χ3v) is 8.45. The van der Waals surface area contributed by atoms with Crippen molar-refractivity contribution in [1.82, 2.24) is 14.7 Å². The first-order chi connectivity index (χ1) is 17.7. The van der Waals surface area contributed by atoms with Gasteiger partial charge in [0.1, 0.15) is 23.7 Å². The molecule has 0 saturated carbocycles. The first kappa shape index (κ1) is 26.4. The summed E-state index contributed by atoms with van der Waals surface area (Å²) < 4.78 is 56.5. The molecule has 37 heavy (non-hydrogen) atoms. The van der Waals surface area contributed by atoms with Crippen molar-refractivity contribution in [2.75, 3.05) is 40.0 Å². The van der Waals surface area contributed by atoms with Crippen LogP contribution in [0.5, 0.6) is 0 Å². The summed E-state index contributed by atoms with van der Waals surface area (Å²) in [5.41, 5.74) is 2.01. The largest absolute Gasteiger partial charge is 0.383 e. The van der Waals surface area contributed by atoms with Gasteiger partial charge in [-0.2, -0.15) is 13.9 Å². The van der Waals surface area contributed by atoms with E-state index in [0.29, 0.717) is 66.1 Å². The Kier molecular flexibility index (Phi) is 7.48. The SMILES string of the molecule is COCCN=Cc1cccc(F)c1-n1cc(CN2CCC3(CC2)OCC(F)(F)c2cc(Cl)sc23)c(C)n1. The van der Waals surface area contributed by atoms with Crippen LogP contribution in [0.4, 0.5) is 13.2 Å². The van der Waals surface area contributed by atoms with E-state index in [0.717, 1.165) is 11.3 Å². The van der Waals surface area contributed by atoms with Crippen molar-refractivity contribution in [1.29, 1.82) is 0 Å². The van der Waals surface area contributed by atoms with Crippen molar-refractivity contribution in [2.45, 2.75) is 37.8 Å². The Labute approximate surface area is 222 Å². The molecule has 198 valence electrons. The van der Waals surface area contributed by atoms with E-state index >= 15 is 0 Å². The molecule has 2 aliphatic heterocycles. The molecule has 0 amide bonds. The van der Waals surface area contributed by atoms with Crippen molar-refractivity contribution in [3.05, 3.63) is 67.9 Å². The van der Waals surface area contributed by atoms with E-state index in [4.69, 9.17) is 21.1 Å². The highest BCUT2D eigenvalue weighted by atomic mass is 35.5. The minimum Gasteiger partial charge on any atom is -0.383 e. The summed E-state index contributed by atoms with van der Waals surface area (Å²) in [4.78, 5) is 7.12. The van der Waals surface area contributed by atoms with E-state index in [1.165, 1.54) is 23.5 Å². The molecule has 6 nitrogen and oxygen atoms in total. The topological polar surface area (TPSA) is 51.9 Å². The number of aliphatic imine (C=N–C) groups is 1. The Morgan fingerprint density at radius 2 is 2.08 bits per heavy atom. The molecular weight excluding hydrogens is 525 g/mol. The highest BCUT2D eigenvalue weighted by Crippen LogP contribution is 2.52. The number of methoxy groups -OCH3 is 1. The Bertz CT molecular complexity index is 1300. The second-order valence-corrected chi connectivity index (χ2v) is 11.1. The molecule has 0 atom stereocenters. The van der Waals surface area contributed by atoms with Gasteiger partial charge in [0, 0.05) is 60.7 Å². The number of likely N-dealkylation sites (tertiary alicyclic amines) is 1. The number of hydrogen-bond donors (Lipinski definition) is 0. The zero-order valence-electron chi connectivity index (χ0n) is 20.6. The lowest BCUT2D eigenvalue weighted by Gasteiger charge is -2.45. The third kappa shape index (κ3) is 5.22. The maximum absolute atomic E-state index is 14.9. The number of alkyl halides is 2. The fraction of sp³-hybridized carbons (Fsp3) is 0.462. The maximum atomic E-state index is 14.9. The normalized spacial score (nSPS) is 19.1. The van der Waals surface area contributed by atoms with Gasteiger partial charge in [-0.1, -0.05) is 23.7 Å². The van der Waals surface area contributed by atoms with Crippen molar-refractivity contribution in [2.24, 2.45) is 4.99 Å². The van der Waals surface area contributed by atoms with Gasteiger partial charge in [-0.25, -0.2) is 9.07 Å². The fourth-order valence-electron chi connectivity index (χ4n) is 4.98. The van der Waals surface area contributed by atoms with Crippen molar-refractivity contribution in [3.63, 3.8) is 0 Å². The zero-order valence-corrected chi connectivity index (χ0v) is 22.2. The van der Waals surface area contributed by atoms with Gasteiger partial charge in [-0.05, 0) is 31.9 Å². The molecule has 1 spiro atoms. The number of fused-ring (bicyclic) bond motifs is 2. The molecule has 3 aromatic rings. The fourth-order valence-corrected chi connectivity index (χ4v) is 6.46. The molecule has 0 N–H and O–H groups in total. The molecule has 4 heterocycles. The number of rotatable bonds is 7. The van der Waals surface area contributed by atoms with E-state index in [1.807, 2.05) is 13.1 Å². The molecule has 0 bridgehead atoms. The predicted octanol–water partition coefficient (Wildman–Crippen LogP) is 5.71. The molecule has 0 radical (unpaired) electrons. The van der Waals surface area contributed by atoms with Crippen molar-refractivity contribution >= 4 is 29.2 Å². The molecule has 2 aliphatic rings. The summed E-state index contributed by atoms with van der Waals surface area (Å²) in [7, 11) is 1.61. The van der Waals surface area contributed by atoms with E-state index in [1.54, 1.807) is 30.1 Å². The number of benzene rings is 1. The van der Waals surface area contributed by atoms with Crippen molar-refractivity contribution < 1.29 is 22.6 Å². The van der Waals surface area contributed by atoms with E-state index < -0.39 is 18.1 Å². The average Bonchev–Trinajstić information content (AvgIpc) is 3.44. The first-order valence-electron chi connectivity index (χ1n) is 12.1. The lowest BCUT2D eigenvalue weighted by Crippen LogP contribution is -2.48. The summed E-state index contributed by atoms with van der Waals surface area (Å²) in [6.07, 6.45) is 4.67. The number of ether oxygens (including phenoxy) is 2. The summed E-state index contributed by atoms with van der Waals surface area (Å²) in [5, 5.41) is 4.59. The van der Waals surface area contributed by atoms with Gasteiger partial charge in [0.15, 0.2) is 0 Å². The molecule has 1 fully saturated rings. The van der Waals surface area contributed by atoms with Crippen LogP contribution in [0.1, 0.15) is 40.1 Å². The van der Waals surface area contributed by atoms with Crippen LogP contribution >= 0.6 is 22.9 Å². The standard InChI is InChI=1S/C26H28ClF3N4O2S/c1-17-19(15-34(32-17)23-18(4-3-5-21(23)28)13-31-8-11-35-2)14-33-9-6-25(7-10-33)24-20(12-22(27)37-24)26(29,30)16-36-25/h3-5,12-13,15H,6-11,14,16H2,1-2H3. The number of piperidine rings is 1. The first-order valence-corrected chi connectivity index (χ1v) is 13.3. The molecule has 2 aromatic heterocycles. The van der Waals surface area contributed by atoms with E-state index in [-0.39, 0.29) is 11.4 Å². The van der Waals surface area contributed by atoms with Gasteiger partial charge in [0.25, 0.3) is 5.92 Å². The molecule has 1 saturated heterocycles. The summed E-state index contributed by atoms with van der Waals surface area (Å²) >= 11 is 7.31. The Morgan fingerprint density at radius 1 is 1.30 bits per heavy atom. The van der Waals surface area contributed by atoms with Crippen LogP contribution in [0, 0.1) is 12.7 Å². The molecule has 11 heteroatoms. The molecular formula is C26H28ClF3N4O2S. The van der Waals surface area contributed by atoms with Gasteiger partial charge >= 0.3 is 0 Å². The maximum Gasteiger partial charge on any atom is 0.297 e. The molecule has 5 rings (SSSR count). The Morgan fingerprint density at radius 3 is 2.84 bits per heavy atom. The van der Waals surface area contributed by atoms with Gasteiger partial charge in [0.2, 0.25) is 0 Å². The smallest absolute Gasteiger partial charge is 0.297 e.